The summed E-state index contributed by atoms with van der Waals surface area (Å²) >= 11 is 0. The summed E-state index contributed by atoms with van der Waals surface area (Å²) in [7, 11) is 1.85. The lowest BCUT2D eigenvalue weighted by Gasteiger charge is -2.29. The smallest absolute Gasteiger partial charge is 0.235 e. The number of likely N-dealkylation sites (N-methyl/N-ethyl adjacent to an activating group) is 1. The van der Waals surface area contributed by atoms with Crippen molar-refractivity contribution in [3.63, 3.8) is 0 Å². The molecule has 0 aromatic heterocycles. The van der Waals surface area contributed by atoms with Crippen molar-refractivity contribution in [2.45, 2.75) is 19.4 Å². The van der Waals surface area contributed by atoms with Crippen LogP contribution in [0.3, 0.4) is 0 Å². The van der Waals surface area contributed by atoms with Gasteiger partial charge in [-0.3, -0.25) is 4.79 Å². The highest BCUT2D eigenvalue weighted by molar-refractivity contribution is 5.98. The van der Waals surface area contributed by atoms with E-state index < -0.39 is 0 Å². The average molecular weight is 280 g/mol. The molecule has 1 atom stereocenters. The van der Waals surface area contributed by atoms with Gasteiger partial charge in [0.15, 0.2) is 0 Å². The minimum Gasteiger partial charge on any atom is -0.315 e. The molecule has 1 heterocycles. The molecule has 0 spiro atoms. The highest BCUT2D eigenvalue weighted by atomic mass is 16.2. The summed E-state index contributed by atoms with van der Waals surface area (Å²) < 4.78 is 0. The molecule has 2 aromatic rings. The van der Waals surface area contributed by atoms with Gasteiger partial charge in [-0.25, -0.2) is 0 Å². The number of aryl methyl sites for hydroxylation is 1. The average Bonchev–Trinajstić information content (AvgIpc) is 2.53. The monoisotopic (exact) mass is 280 g/mol. The normalized spacial score (nSPS) is 17.1. The van der Waals surface area contributed by atoms with Crippen molar-refractivity contribution < 1.29 is 4.79 Å². The Morgan fingerprint density at radius 3 is 2.71 bits per heavy atom. The molecule has 0 aliphatic carbocycles. The summed E-state index contributed by atoms with van der Waals surface area (Å²) in [6.45, 7) is 3.62. The molecule has 108 valence electrons. The fraction of sp³-hybridized carbons (Fsp3) is 0.278. The zero-order chi connectivity index (χ0) is 14.8. The first-order valence-electron chi connectivity index (χ1n) is 7.29. The number of fused-ring (bicyclic) bond motifs is 1. The second-order valence-corrected chi connectivity index (χ2v) is 5.62. The van der Waals surface area contributed by atoms with Gasteiger partial charge in [0.2, 0.25) is 5.91 Å². The van der Waals surface area contributed by atoms with Crippen LogP contribution in [0.1, 0.15) is 22.6 Å². The van der Waals surface area contributed by atoms with E-state index in [9.17, 15) is 4.79 Å². The van der Waals surface area contributed by atoms with Gasteiger partial charge in [-0.2, -0.15) is 0 Å². The van der Waals surface area contributed by atoms with Gasteiger partial charge in [-0.15, -0.1) is 0 Å². The van der Waals surface area contributed by atoms with Gasteiger partial charge < -0.3 is 10.2 Å². The van der Waals surface area contributed by atoms with Gasteiger partial charge in [0.1, 0.15) is 0 Å². The van der Waals surface area contributed by atoms with E-state index >= 15 is 0 Å². The molecule has 1 unspecified atom stereocenters. The predicted octanol–water partition coefficient (Wildman–Crippen LogP) is 2.84. The molecule has 0 bridgehead atoms. The van der Waals surface area contributed by atoms with Gasteiger partial charge in [0, 0.05) is 25.8 Å². The van der Waals surface area contributed by atoms with E-state index in [2.05, 4.69) is 30.4 Å². The lowest BCUT2D eigenvalue weighted by Crippen LogP contribution is -2.40. The maximum Gasteiger partial charge on any atom is 0.235 e. The number of carbonyl (C=O) groups is 1. The Labute approximate surface area is 125 Å². The van der Waals surface area contributed by atoms with Crippen molar-refractivity contribution in [3.8, 4) is 0 Å². The summed E-state index contributed by atoms with van der Waals surface area (Å²) in [5.74, 6) is 0.0270. The first-order chi connectivity index (χ1) is 10.2. The van der Waals surface area contributed by atoms with Crippen molar-refractivity contribution in [1.29, 1.82) is 0 Å². The number of nitrogens with one attached hydrogen (secondary N) is 1. The SMILES string of the molecule is Cc1ccc2c(c1)C(C(=O)N(C)c1ccccc1)CNC2. The van der Waals surface area contributed by atoms with Crippen LogP contribution in [0.25, 0.3) is 0 Å². The summed E-state index contributed by atoms with van der Waals surface area (Å²) in [4.78, 5) is 14.6. The molecule has 0 saturated heterocycles. The van der Waals surface area contributed by atoms with Crippen LogP contribution in [0, 0.1) is 6.92 Å². The van der Waals surface area contributed by atoms with Gasteiger partial charge in [0.25, 0.3) is 0 Å². The van der Waals surface area contributed by atoms with E-state index in [-0.39, 0.29) is 11.8 Å². The van der Waals surface area contributed by atoms with Crippen LogP contribution < -0.4 is 10.2 Å². The maximum absolute atomic E-state index is 12.9. The lowest BCUT2D eigenvalue weighted by atomic mass is 9.88. The molecule has 3 rings (SSSR count). The van der Waals surface area contributed by atoms with E-state index in [1.54, 1.807) is 4.90 Å². The van der Waals surface area contributed by atoms with Crippen molar-refractivity contribution in [2.24, 2.45) is 0 Å². The van der Waals surface area contributed by atoms with Crippen LogP contribution in [-0.4, -0.2) is 19.5 Å². The van der Waals surface area contributed by atoms with E-state index in [0.29, 0.717) is 6.54 Å². The van der Waals surface area contributed by atoms with E-state index in [0.717, 1.165) is 12.2 Å². The summed E-state index contributed by atoms with van der Waals surface area (Å²) in [5.41, 5.74) is 4.53. The number of hydrogen-bond donors (Lipinski definition) is 1. The van der Waals surface area contributed by atoms with Crippen LogP contribution in [0.4, 0.5) is 5.69 Å². The third-order valence-electron chi connectivity index (χ3n) is 4.11. The van der Waals surface area contributed by atoms with Crippen LogP contribution in [0.2, 0.25) is 0 Å². The van der Waals surface area contributed by atoms with Gasteiger partial charge in [0.05, 0.1) is 5.92 Å². The van der Waals surface area contributed by atoms with Gasteiger partial charge in [-0.05, 0) is 30.2 Å². The number of rotatable bonds is 2. The van der Waals surface area contributed by atoms with Crippen LogP contribution in [-0.2, 0) is 11.3 Å². The van der Waals surface area contributed by atoms with E-state index in [4.69, 9.17) is 0 Å². The third kappa shape index (κ3) is 2.69. The largest absolute Gasteiger partial charge is 0.315 e. The van der Waals surface area contributed by atoms with E-state index in [1.165, 1.54) is 16.7 Å². The van der Waals surface area contributed by atoms with Crippen molar-refractivity contribution in [2.75, 3.05) is 18.5 Å². The van der Waals surface area contributed by atoms with Crippen LogP contribution in [0.5, 0.6) is 0 Å². The molecule has 1 N–H and O–H groups in total. The number of benzene rings is 2. The number of anilines is 1. The number of para-hydroxylation sites is 1. The topological polar surface area (TPSA) is 32.3 Å². The van der Waals surface area contributed by atoms with Crippen molar-refractivity contribution >= 4 is 11.6 Å². The first-order valence-corrected chi connectivity index (χ1v) is 7.29. The Kier molecular flexibility index (Phi) is 3.76. The summed E-state index contributed by atoms with van der Waals surface area (Å²) in [5, 5.41) is 3.35. The highest BCUT2D eigenvalue weighted by Gasteiger charge is 2.29. The molecule has 0 fully saturated rings. The Hall–Kier alpha value is -2.13. The van der Waals surface area contributed by atoms with Crippen LogP contribution in [0.15, 0.2) is 48.5 Å². The minimum absolute atomic E-state index is 0.112. The lowest BCUT2D eigenvalue weighted by molar-refractivity contribution is -0.119. The predicted molar refractivity (Wildman–Crippen MR) is 85.5 cm³/mol. The molecular weight excluding hydrogens is 260 g/mol. The number of carbonyl (C=O) groups excluding carboxylic acids is 1. The fourth-order valence-corrected chi connectivity index (χ4v) is 2.89. The molecule has 21 heavy (non-hydrogen) atoms. The van der Waals surface area contributed by atoms with Gasteiger partial charge >= 0.3 is 0 Å². The van der Waals surface area contributed by atoms with Crippen LogP contribution >= 0.6 is 0 Å². The number of nitrogens with zero attached hydrogens (tertiary/aromatic N) is 1. The van der Waals surface area contributed by atoms with E-state index in [1.807, 2.05) is 37.4 Å². The minimum atomic E-state index is -0.112. The molecule has 3 nitrogen and oxygen atoms in total. The molecule has 2 aromatic carbocycles. The number of amides is 1. The second-order valence-electron chi connectivity index (χ2n) is 5.62. The zero-order valence-electron chi connectivity index (χ0n) is 12.5. The summed E-state index contributed by atoms with van der Waals surface area (Å²) in [6.07, 6.45) is 0. The highest BCUT2D eigenvalue weighted by Crippen LogP contribution is 2.28. The first kappa shape index (κ1) is 13.8. The zero-order valence-corrected chi connectivity index (χ0v) is 12.5. The maximum atomic E-state index is 12.9. The standard InChI is InChI=1S/C18H20N2O/c1-13-8-9-14-11-19-12-17(16(14)10-13)18(21)20(2)15-6-4-3-5-7-15/h3-10,17,19H,11-12H2,1-2H3. The molecular formula is C18H20N2O. The molecule has 0 radical (unpaired) electrons. The quantitative estimate of drug-likeness (QED) is 0.917. The second kappa shape index (κ2) is 5.70. The molecule has 1 aliphatic heterocycles. The molecule has 1 amide bonds. The van der Waals surface area contributed by atoms with Gasteiger partial charge in [-0.1, -0.05) is 42.0 Å². The Morgan fingerprint density at radius 1 is 1.19 bits per heavy atom. The Bertz CT molecular complexity index is 652. The fourth-order valence-electron chi connectivity index (χ4n) is 2.89. The third-order valence-corrected chi connectivity index (χ3v) is 4.11. The summed E-state index contributed by atoms with van der Waals surface area (Å²) in [6, 6.07) is 16.2. The number of hydrogen-bond acceptors (Lipinski definition) is 2. The Balaban J connectivity index is 1.91. The molecule has 1 aliphatic rings. The Morgan fingerprint density at radius 2 is 1.95 bits per heavy atom. The molecule has 3 heteroatoms. The van der Waals surface area contributed by atoms with Crippen molar-refractivity contribution in [3.05, 3.63) is 65.2 Å². The van der Waals surface area contributed by atoms with Crippen molar-refractivity contribution in [1.82, 2.24) is 5.32 Å². The molecule has 0 saturated carbocycles.